The van der Waals surface area contributed by atoms with Crippen LogP contribution in [0.3, 0.4) is 0 Å². The molecule has 0 saturated heterocycles. The molecule has 76 valence electrons. The fourth-order valence-electron chi connectivity index (χ4n) is 0.511. The molecule has 0 bridgehead atoms. The third-order valence-corrected chi connectivity index (χ3v) is 3.32. The molecule has 0 aromatic rings. The van der Waals surface area contributed by atoms with Crippen LogP contribution in [0.15, 0.2) is 0 Å². The monoisotopic (exact) mass is 212 g/mol. The largest absolute Gasteiger partial charge is 0.450 e. The summed E-state index contributed by atoms with van der Waals surface area (Å²) < 4.78 is 35.1. The van der Waals surface area contributed by atoms with Gasteiger partial charge in [-0.2, -0.15) is 13.2 Å². The van der Waals surface area contributed by atoms with Gasteiger partial charge in [-0.05, 0) is 0 Å². The summed E-state index contributed by atoms with van der Waals surface area (Å²) in [6.45, 7) is 4.83. The number of alkyl halides is 3. The average Bonchev–Trinajstić information content (AvgIpc) is 1.82. The third kappa shape index (κ3) is 4.21. The number of rotatable bonds is 3. The van der Waals surface area contributed by atoms with Gasteiger partial charge >= 0.3 is 6.18 Å². The van der Waals surface area contributed by atoms with Gasteiger partial charge in [0.15, 0.2) is 0 Å². The van der Waals surface area contributed by atoms with Gasteiger partial charge in [-0.3, -0.25) is 4.79 Å². The lowest BCUT2D eigenvalue weighted by Crippen LogP contribution is -2.37. The SMILES string of the molecule is C[Si](C)(C)C(=O)CC(=O)C(F)(F)F. The Balaban J connectivity index is 4.34. The van der Waals surface area contributed by atoms with Crippen LogP contribution in [0.5, 0.6) is 0 Å². The maximum atomic E-state index is 11.7. The molecule has 13 heavy (non-hydrogen) atoms. The molecule has 0 unspecified atom stereocenters. The van der Waals surface area contributed by atoms with E-state index in [1.807, 2.05) is 0 Å². The minimum absolute atomic E-state index is 0.560. The van der Waals surface area contributed by atoms with E-state index >= 15 is 0 Å². The Bertz CT molecular complexity index is 203. The Kier molecular flexibility index (Phi) is 3.43. The van der Waals surface area contributed by atoms with Crippen molar-refractivity contribution in [3.63, 3.8) is 0 Å². The number of carbonyl (C=O) groups excluding carboxylic acids is 2. The lowest BCUT2D eigenvalue weighted by molar-refractivity contribution is -0.171. The first-order valence-corrected chi connectivity index (χ1v) is 7.18. The lowest BCUT2D eigenvalue weighted by atomic mass is 10.3. The molecule has 0 heterocycles. The van der Waals surface area contributed by atoms with Crippen LogP contribution in [-0.4, -0.2) is 25.4 Å². The Morgan fingerprint density at radius 2 is 1.54 bits per heavy atom. The van der Waals surface area contributed by atoms with Gasteiger partial charge in [0, 0.05) is 0 Å². The fourth-order valence-corrected chi connectivity index (χ4v) is 1.20. The van der Waals surface area contributed by atoms with Crippen molar-refractivity contribution in [2.75, 3.05) is 0 Å². The predicted octanol–water partition coefficient (Wildman–Crippen LogP) is 1.95. The molecular weight excluding hydrogens is 201 g/mol. The highest BCUT2D eigenvalue weighted by Gasteiger charge is 2.41. The topological polar surface area (TPSA) is 34.1 Å². The highest BCUT2D eigenvalue weighted by atomic mass is 28.3. The van der Waals surface area contributed by atoms with Crippen molar-refractivity contribution in [3.8, 4) is 0 Å². The number of halogens is 3. The molecule has 0 aromatic carbocycles. The second-order valence-electron chi connectivity index (χ2n) is 3.77. The van der Waals surface area contributed by atoms with E-state index in [9.17, 15) is 22.8 Å². The van der Waals surface area contributed by atoms with E-state index in [2.05, 4.69) is 0 Å². The summed E-state index contributed by atoms with van der Waals surface area (Å²) in [5.41, 5.74) is 0. The average molecular weight is 212 g/mol. The lowest BCUT2D eigenvalue weighted by Gasteiger charge is -2.13. The van der Waals surface area contributed by atoms with Crippen LogP contribution < -0.4 is 0 Å². The van der Waals surface area contributed by atoms with Gasteiger partial charge in [0.2, 0.25) is 5.78 Å². The zero-order chi connectivity index (χ0) is 10.9. The van der Waals surface area contributed by atoms with Crippen molar-refractivity contribution in [2.45, 2.75) is 32.2 Å². The molecule has 0 rings (SSSR count). The first-order chi connectivity index (χ1) is 5.55. The van der Waals surface area contributed by atoms with Crippen molar-refractivity contribution < 1.29 is 22.8 Å². The minimum atomic E-state index is -4.88. The highest BCUT2D eigenvalue weighted by Crippen LogP contribution is 2.19. The quantitative estimate of drug-likeness (QED) is 0.529. The van der Waals surface area contributed by atoms with Crippen LogP contribution in [0.25, 0.3) is 0 Å². The number of hydrogen-bond donors (Lipinski definition) is 0. The molecule has 0 radical (unpaired) electrons. The van der Waals surface area contributed by atoms with Crippen LogP contribution in [-0.2, 0) is 9.59 Å². The minimum Gasteiger partial charge on any atom is -0.305 e. The molecule has 6 heteroatoms. The maximum absolute atomic E-state index is 11.7. The summed E-state index contributed by atoms with van der Waals surface area (Å²) in [5.74, 6) is -1.94. The molecule has 0 aliphatic heterocycles. The fraction of sp³-hybridized carbons (Fsp3) is 0.714. The predicted molar refractivity (Wildman–Crippen MR) is 44.0 cm³/mol. The van der Waals surface area contributed by atoms with Gasteiger partial charge in [0.05, 0.1) is 6.42 Å². The normalized spacial score (nSPS) is 12.8. The van der Waals surface area contributed by atoms with Crippen LogP contribution in [0.4, 0.5) is 13.2 Å². The summed E-state index contributed by atoms with van der Waals surface area (Å²) >= 11 is 0. The highest BCUT2D eigenvalue weighted by molar-refractivity contribution is 7.03. The Morgan fingerprint density at radius 1 is 1.15 bits per heavy atom. The number of ketones is 1. The van der Waals surface area contributed by atoms with Gasteiger partial charge in [-0.15, -0.1) is 0 Å². The van der Waals surface area contributed by atoms with Gasteiger partial charge in [0.1, 0.15) is 13.5 Å². The first kappa shape index (κ1) is 12.3. The van der Waals surface area contributed by atoms with Crippen molar-refractivity contribution in [3.05, 3.63) is 0 Å². The van der Waals surface area contributed by atoms with Crippen molar-refractivity contribution in [2.24, 2.45) is 0 Å². The van der Waals surface area contributed by atoms with E-state index in [0.29, 0.717) is 0 Å². The molecule has 0 saturated carbocycles. The van der Waals surface area contributed by atoms with Crippen LogP contribution >= 0.6 is 0 Å². The van der Waals surface area contributed by atoms with Crippen LogP contribution in [0, 0.1) is 0 Å². The zero-order valence-electron chi connectivity index (χ0n) is 7.66. The Hall–Kier alpha value is -0.653. The van der Waals surface area contributed by atoms with Crippen LogP contribution in [0.2, 0.25) is 19.6 Å². The molecule has 0 amide bonds. The van der Waals surface area contributed by atoms with E-state index in [4.69, 9.17) is 0 Å². The molecule has 0 fully saturated rings. The van der Waals surface area contributed by atoms with E-state index in [0.717, 1.165) is 0 Å². The Morgan fingerprint density at radius 3 is 1.77 bits per heavy atom. The van der Waals surface area contributed by atoms with E-state index in [1.165, 1.54) is 0 Å². The molecule has 0 aliphatic rings. The molecule has 0 aromatic heterocycles. The summed E-state index contributed by atoms with van der Waals surface area (Å²) in [4.78, 5) is 21.5. The summed E-state index contributed by atoms with van der Waals surface area (Å²) in [7, 11) is -2.26. The third-order valence-electron chi connectivity index (χ3n) is 1.47. The van der Waals surface area contributed by atoms with Crippen LogP contribution in [0.1, 0.15) is 6.42 Å². The second kappa shape index (κ2) is 3.61. The van der Waals surface area contributed by atoms with E-state index < -0.39 is 31.9 Å². The summed E-state index contributed by atoms with van der Waals surface area (Å²) in [6.07, 6.45) is -5.88. The van der Waals surface area contributed by atoms with Crippen molar-refractivity contribution in [1.29, 1.82) is 0 Å². The molecule has 0 spiro atoms. The standard InChI is InChI=1S/C7H11F3O2Si/c1-13(2,3)6(12)4-5(11)7(8,9)10/h4H2,1-3H3. The van der Waals surface area contributed by atoms with Crippen molar-refractivity contribution in [1.82, 2.24) is 0 Å². The van der Waals surface area contributed by atoms with E-state index in [1.54, 1.807) is 19.6 Å². The molecule has 0 atom stereocenters. The number of carbonyl (C=O) groups is 2. The molecule has 2 nitrogen and oxygen atoms in total. The van der Waals surface area contributed by atoms with Gasteiger partial charge in [-0.1, -0.05) is 19.6 Å². The van der Waals surface area contributed by atoms with Gasteiger partial charge in [-0.25, -0.2) is 0 Å². The second-order valence-corrected chi connectivity index (χ2v) is 8.83. The maximum Gasteiger partial charge on any atom is 0.450 e. The van der Waals surface area contributed by atoms with Gasteiger partial charge < -0.3 is 4.79 Å². The van der Waals surface area contributed by atoms with Crippen molar-refractivity contribution >= 4 is 19.3 Å². The number of hydrogen-bond acceptors (Lipinski definition) is 2. The Labute approximate surface area is 75.1 Å². The molecule has 0 N–H and O–H groups in total. The molecular formula is C7H11F3O2Si. The molecule has 0 aliphatic carbocycles. The van der Waals surface area contributed by atoms with E-state index in [-0.39, 0.29) is 0 Å². The first-order valence-electron chi connectivity index (χ1n) is 3.68. The number of Topliss-reactive ketones (excluding diaryl/α,β-unsaturated/α-hetero) is 1. The summed E-state index contributed by atoms with van der Waals surface area (Å²) in [5, 5.41) is -0.560. The smallest absolute Gasteiger partial charge is 0.305 e. The summed E-state index contributed by atoms with van der Waals surface area (Å²) in [6, 6.07) is 0. The van der Waals surface area contributed by atoms with Gasteiger partial charge in [0.25, 0.3) is 0 Å². The zero-order valence-corrected chi connectivity index (χ0v) is 8.66.